The van der Waals surface area contributed by atoms with E-state index in [1.54, 1.807) is 16.0 Å². The van der Waals surface area contributed by atoms with Crippen molar-refractivity contribution in [1.82, 2.24) is 14.8 Å². The summed E-state index contributed by atoms with van der Waals surface area (Å²) in [6.45, 7) is 1.88. The molecular formula is C17H16ClN3O2S2. The highest BCUT2D eigenvalue weighted by Crippen LogP contribution is 2.31. The summed E-state index contributed by atoms with van der Waals surface area (Å²) in [6, 6.07) is 7.81. The molecule has 4 rings (SSSR count). The molecule has 3 aromatic rings. The van der Waals surface area contributed by atoms with Crippen molar-refractivity contribution >= 4 is 55.1 Å². The van der Waals surface area contributed by atoms with Crippen LogP contribution < -0.4 is 0 Å². The van der Waals surface area contributed by atoms with Crippen molar-refractivity contribution in [1.29, 1.82) is 0 Å². The second-order valence-electron chi connectivity index (χ2n) is 6.14. The molecule has 1 unspecified atom stereocenters. The fourth-order valence-electron chi connectivity index (χ4n) is 3.05. The third kappa shape index (κ3) is 3.23. The summed E-state index contributed by atoms with van der Waals surface area (Å²) in [7, 11) is -2.98. The van der Waals surface area contributed by atoms with Gasteiger partial charge in [0.2, 0.25) is 0 Å². The highest BCUT2D eigenvalue weighted by Gasteiger charge is 2.31. The maximum atomic E-state index is 11.7. The maximum Gasteiger partial charge on any atom is 0.152 e. The van der Waals surface area contributed by atoms with Crippen LogP contribution >= 0.6 is 22.9 Å². The van der Waals surface area contributed by atoms with Crippen molar-refractivity contribution in [2.75, 3.05) is 11.5 Å². The van der Waals surface area contributed by atoms with Gasteiger partial charge < -0.3 is 0 Å². The fraction of sp³-hybridized carbons (Fsp3) is 0.294. The molecule has 130 valence electrons. The number of aryl methyl sites for hydroxylation is 1. The van der Waals surface area contributed by atoms with Gasteiger partial charge in [0, 0.05) is 5.56 Å². The molecule has 5 nitrogen and oxygen atoms in total. The van der Waals surface area contributed by atoms with Crippen molar-refractivity contribution in [2.24, 2.45) is 0 Å². The number of hydrogen-bond donors (Lipinski definition) is 0. The van der Waals surface area contributed by atoms with Gasteiger partial charge in [0.05, 0.1) is 33.5 Å². The van der Waals surface area contributed by atoms with Crippen LogP contribution in [0.25, 0.3) is 22.4 Å². The number of hydrogen-bond acceptors (Lipinski definition) is 5. The van der Waals surface area contributed by atoms with Crippen molar-refractivity contribution in [3.05, 3.63) is 45.7 Å². The molecule has 0 bridgehead atoms. The van der Waals surface area contributed by atoms with Crippen LogP contribution in [0.1, 0.15) is 28.7 Å². The van der Waals surface area contributed by atoms with Crippen molar-refractivity contribution in [3.8, 4) is 0 Å². The first-order chi connectivity index (χ1) is 11.9. The number of halogens is 1. The van der Waals surface area contributed by atoms with Gasteiger partial charge in [0.15, 0.2) is 9.84 Å². The summed E-state index contributed by atoms with van der Waals surface area (Å²) in [6.07, 6.45) is 4.39. The first kappa shape index (κ1) is 16.8. The zero-order chi connectivity index (χ0) is 17.6. The highest BCUT2D eigenvalue weighted by molar-refractivity contribution is 7.91. The van der Waals surface area contributed by atoms with E-state index in [1.807, 2.05) is 43.3 Å². The van der Waals surface area contributed by atoms with Gasteiger partial charge in [0.1, 0.15) is 10.2 Å². The number of thiazole rings is 1. The van der Waals surface area contributed by atoms with Gasteiger partial charge in [-0.25, -0.2) is 18.1 Å². The van der Waals surface area contributed by atoms with Crippen molar-refractivity contribution in [2.45, 2.75) is 19.4 Å². The van der Waals surface area contributed by atoms with Crippen LogP contribution in [0.4, 0.5) is 0 Å². The van der Waals surface area contributed by atoms with E-state index in [4.69, 9.17) is 11.6 Å². The molecule has 25 heavy (non-hydrogen) atoms. The van der Waals surface area contributed by atoms with Crippen molar-refractivity contribution in [3.63, 3.8) is 0 Å². The molecule has 0 saturated carbocycles. The molecule has 0 spiro atoms. The number of rotatable bonds is 3. The van der Waals surface area contributed by atoms with Crippen LogP contribution in [0.3, 0.4) is 0 Å². The summed E-state index contributed by atoms with van der Waals surface area (Å²) >= 11 is 8.10. The molecule has 0 N–H and O–H groups in total. The first-order valence-electron chi connectivity index (χ1n) is 7.92. The normalized spacial score (nSPS) is 20.0. The smallest absolute Gasteiger partial charge is 0.152 e. The van der Waals surface area contributed by atoms with Gasteiger partial charge in [-0.1, -0.05) is 23.7 Å². The SMILES string of the molecule is Cc1nn(C2CCS(=O)(=O)C2)c(Cl)c1C=Cc1nc2ccccc2s1. The predicted octanol–water partition coefficient (Wildman–Crippen LogP) is 3.98. The molecule has 1 saturated heterocycles. The lowest BCUT2D eigenvalue weighted by molar-refractivity contribution is 0.497. The van der Waals surface area contributed by atoms with Crippen molar-refractivity contribution < 1.29 is 8.42 Å². The predicted molar refractivity (Wildman–Crippen MR) is 103 cm³/mol. The quantitative estimate of drug-likeness (QED) is 0.675. The highest BCUT2D eigenvalue weighted by atomic mass is 35.5. The zero-order valence-corrected chi connectivity index (χ0v) is 15.9. The van der Waals surface area contributed by atoms with Gasteiger partial charge in [0.25, 0.3) is 0 Å². The van der Waals surface area contributed by atoms with Crippen LogP contribution in [-0.4, -0.2) is 34.7 Å². The number of aromatic nitrogens is 3. The average Bonchev–Trinajstić information content (AvgIpc) is 3.21. The van der Waals surface area contributed by atoms with Crippen LogP contribution in [0.15, 0.2) is 24.3 Å². The maximum absolute atomic E-state index is 11.7. The number of fused-ring (bicyclic) bond motifs is 1. The number of para-hydroxylation sites is 1. The molecule has 1 aromatic carbocycles. The Labute approximate surface area is 154 Å². The summed E-state index contributed by atoms with van der Waals surface area (Å²) in [4.78, 5) is 4.57. The molecule has 1 aliphatic rings. The number of sulfone groups is 1. The standard InChI is InChI=1S/C17H16ClN3O2S2/c1-11-13(6-7-16-19-14-4-2-3-5-15(14)24-16)17(18)21(20-11)12-8-9-25(22,23)10-12/h2-7,12H,8-10H2,1H3. The zero-order valence-electron chi connectivity index (χ0n) is 13.5. The summed E-state index contributed by atoms with van der Waals surface area (Å²) in [5.41, 5.74) is 2.57. The topological polar surface area (TPSA) is 64.8 Å². The lowest BCUT2D eigenvalue weighted by Gasteiger charge is -2.09. The molecule has 1 fully saturated rings. The Hall–Kier alpha value is -1.70. The van der Waals surface area contributed by atoms with E-state index in [1.165, 1.54) is 0 Å². The van der Waals surface area contributed by atoms with Crippen LogP contribution in [0.5, 0.6) is 0 Å². The lowest BCUT2D eigenvalue weighted by Crippen LogP contribution is -2.12. The Balaban J connectivity index is 1.64. The second kappa shape index (κ2) is 6.23. The minimum Gasteiger partial charge on any atom is -0.249 e. The number of benzene rings is 1. The summed E-state index contributed by atoms with van der Waals surface area (Å²) in [5, 5.41) is 5.84. The molecule has 0 radical (unpaired) electrons. The lowest BCUT2D eigenvalue weighted by atomic mass is 10.2. The van der Waals surface area contributed by atoms with Crippen LogP contribution in [0, 0.1) is 6.92 Å². The largest absolute Gasteiger partial charge is 0.249 e. The molecule has 3 heterocycles. The Morgan fingerprint density at radius 1 is 1.32 bits per heavy atom. The molecule has 2 aromatic heterocycles. The van der Waals surface area contributed by atoms with Crippen LogP contribution in [-0.2, 0) is 9.84 Å². The van der Waals surface area contributed by atoms with E-state index in [0.29, 0.717) is 11.6 Å². The Morgan fingerprint density at radius 2 is 2.12 bits per heavy atom. The van der Waals surface area contributed by atoms with Crippen LogP contribution in [0.2, 0.25) is 5.15 Å². The monoisotopic (exact) mass is 393 g/mol. The molecular weight excluding hydrogens is 378 g/mol. The third-order valence-corrected chi connectivity index (χ3v) is 7.46. The molecule has 8 heteroatoms. The minimum atomic E-state index is -2.98. The van der Waals surface area contributed by atoms with Gasteiger partial charge in [-0.3, -0.25) is 0 Å². The van der Waals surface area contributed by atoms with Gasteiger partial charge in [-0.2, -0.15) is 5.10 Å². The fourth-order valence-corrected chi connectivity index (χ4v) is 5.99. The second-order valence-corrected chi connectivity index (χ2v) is 9.79. The summed E-state index contributed by atoms with van der Waals surface area (Å²) < 4.78 is 26.2. The molecule has 0 aliphatic carbocycles. The molecule has 0 amide bonds. The van der Waals surface area contributed by atoms with Gasteiger partial charge in [-0.05, 0) is 37.6 Å². The van der Waals surface area contributed by atoms with E-state index < -0.39 is 9.84 Å². The van der Waals surface area contributed by atoms with E-state index in [9.17, 15) is 8.42 Å². The Bertz CT molecular complexity index is 1050. The molecule has 1 aliphatic heterocycles. The van der Waals surface area contributed by atoms with Gasteiger partial charge >= 0.3 is 0 Å². The minimum absolute atomic E-state index is 0.106. The van der Waals surface area contributed by atoms with E-state index >= 15 is 0 Å². The van der Waals surface area contributed by atoms with E-state index in [2.05, 4.69) is 10.1 Å². The van der Waals surface area contributed by atoms with E-state index in [0.717, 1.165) is 26.5 Å². The first-order valence-corrected chi connectivity index (χ1v) is 10.9. The number of nitrogens with zero attached hydrogens (tertiary/aromatic N) is 3. The van der Waals surface area contributed by atoms with E-state index in [-0.39, 0.29) is 17.5 Å². The Morgan fingerprint density at radius 3 is 2.84 bits per heavy atom. The third-order valence-electron chi connectivity index (χ3n) is 4.33. The Kier molecular flexibility index (Phi) is 4.17. The molecule has 1 atom stereocenters. The summed E-state index contributed by atoms with van der Waals surface area (Å²) in [5.74, 6) is 0.304. The van der Waals surface area contributed by atoms with Gasteiger partial charge in [-0.15, -0.1) is 11.3 Å². The average molecular weight is 394 g/mol.